The van der Waals surface area contributed by atoms with Crippen LogP contribution in [0.15, 0.2) is 18.2 Å². The van der Waals surface area contributed by atoms with Crippen molar-refractivity contribution in [1.29, 1.82) is 0 Å². The summed E-state index contributed by atoms with van der Waals surface area (Å²) in [6.07, 6.45) is 0. The van der Waals surface area contributed by atoms with E-state index in [2.05, 4.69) is 5.32 Å². The lowest BCUT2D eigenvalue weighted by Gasteiger charge is -2.16. The fourth-order valence-corrected chi connectivity index (χ4v) is 1.78. The average molecular weight is 267 g/mol. The Hall–Kier alpha value is -1.59. The Morgan fingerprint density at radius 2 is 2.00 bits per heavy atom. The zero-order chi connectivity index (χ0) is 14.3. The molecule has 1 aromatic carbocycles. The summed E-state index contributed by atoms with van der Waals surface area (Å²) < 4.78 is 10.4. The van der Waals surface area contributed by atoms with Gasteiger partial charge in [-0.2, -0.15) is 0 Å². The lowest BCUT2D eigenvalue weighted by molar-refractivity contribution is -0.124. The van der Waals surface area contributed by atoms with Gasteiger partial charge in [-0.25, -0.2) is 0 Å². The second kappa shape index (κ2) is 7.76. The summed E-state index contributed by atoms with van der Waals surface area (Å²) >= 11 is 0. The number of aliphatic hydroxyl groups excluding tert-OH is 1. The quantitative estimate of drug-likeness (QED) is 0.767. The number of carbonyl (C=O) groups is 1. The zero-order valence-corrected chi connectivity index (χ0v) is 11.6. The SMILES string of the molecule is COCC(CO)NC(=O)COc1c(C)cccc1C. The van der Waals surface area contributed by atoms with Gasteiger partial charge in [0.25, 0.3) is 5.91 Å². The van der Waals surface area contributed by atoms with Crippen LogP contribution in [-0.4, -0.2) is 44.0 Å². The molecule has 1 atom stereocenters. The third-order valence-corrected chi connectivity index (χ3v) is 2.71. The predicted molar refractivity (Wildman–Crippen MR) is 72.3 cm³/mol. The van der Waals surface area contributed by atoms with Gasteiger partial charge in [0.1, 0.15) is 5.75 Å². The summed E-state index contributed by atoms with van der Waals surface area (Å²) in [7, 11) is 1.52. The van der Waals surface area contributed by atoms with Gasteiger partial charge in [0.05, 0.1) is 19.3 Å². The summed E-state index contributed by atoms with van der Waals surface area (Å²) in [6, 6.07) is 5.40. The molecule has 0 radical (unpaired) electrons. The van der Waals surface area contributed by atoms with Crippen molar-refractivity contribution in [3.05, 3.63) is 29.3 Å². The molecule has 0 saturated carbocycles. The van der Waals surface area contributed by atoms with Gasteiger partial charge >= 0.3 is 0 Å². The molecule has 1 rings (SSSR count). The van der Waals surface area contributed by atoms with E-state index in [1.54, 1.807) is 0 Å². The predicted octanol–water partition coefficient (Wildman–Crippen LogP) is 0.806. The number of para-hydroxylation sites is 1. The zero-order valence-electron chi connectivity index (χ0n) is 11.6. The second-order valence-electron chi connectivity index (χ2n) is 4.41. The Morgan fingerprint density at radius 3 is 2.53 bits per heavy atom. The molecule has 0 aliphatic heterocycles. The summed E-state index contributed by atoms with van der Waals surface area (Å²) in [6.45, 7) is 3.89. The first kappa shape index (κ1) is 15.5. The fourth-order valence-electron chi connectivity index (χ4n) is 1.78. The van der Waals surface area contributed by atoms with Gasteiger partial charge in [-0.1, -0.05) is 18.2 Å². The molecule has 0 heterocycles. The fraction of sp³-hybridized carbons (Fsp3) is 0.500. The first-order valence-electron chi connectivity index (χ1n) is 6.16. The van der Waals surface area contributed by atoms with Crippen molar-refractivity contribution in [3.63, 3.8) is 0 Å². The number of aryl methyl sites for hydroxylation is 2. The molecule has 0 aliphatic rings. The summed E-state index contributed by atoms with van der Waals surface area (Å²) in [5, 5.41) is 11.7. The number of methoxy groups -OCH3 is 1. The van der Waals surface area contributed by atoms with Crippen LogP contribution in [0.3, 0.4) is 0 Å². The molecule has 5 heteroatoms. The Balaban J connectivity index is 2.50. The Kier molecular flexibility index (Phi) is 6.32. The van der Waals surface area contributed by atoms with Gasteiger partial charge < -0.3 is 19.9 Å². The first-order valence-corrected chi connectivity index (χ1v) is 6.16. The largest absolute Gasteiger partial charge is 0.483 e. The Labute approximate surface area is 113 Å². The highest BCUT2D eigenvalue weighted by Crippen LogP contribution is 2.21. The van der Waals surface area contributed by atoms with Crippen LogP contribution >= 0.6 is 0 Å². The number of nitrogens with one attached hydrogen (secondary N) is 1. The van der Waals surface area contributed by atoms with E-state index in [1.807, 2.05) is 32.0 Å². The van der Waals surface area contributed by atoms with Crippen LogP contribution in [0.5, 0.6) is 5.75 Å². The lowest BCUT2D eigenvalue weighted by atomic mass is 10.1. The molecule has 2 N–H and O–H groups in total. The minimum atomic E-state index is -0.404. The minimum absolute atomic E-state index is 0.0775. The maximum Gasteiger partial charge on any atom is 0.258 e. The van der Waals surface area contributed by atoms with E-state index in [9.17, 15) is 4.79 Å². The van der Waals surface area contributed by atoms with Crippen LogP contribution in [0.4, 0.5) is 0 Å². The van der Waals surface area contributed by atoms with Crippen molar-refractivity contribution >= 4 is 5.91 Å². The van der Waals surface area contributed by atoms with E-state index in [1.165, 1.54) is 7.11 Å². The first-order chi connectivity index (χ1) is 9.08. The molecule has 0 saturated heterocycles. The van der Waals surface area contributed by atoms with Crippen LogP contribution in [-0.2, 0) is 9.53 Å². The van der Waals surface area contributed by atoms with Crippen LogP contribution in [0, 0.1) is 13.8 Å². The number of hydrogen-bond acceptors (Lipinski definition) is 4. The number of rotatable bonds is 7. The third-order valence-electron chi connectivity index (χ3n) is 2.71. The number of amides is 1. The van der Waals surface area contributed by atoms with Crippen LogP contribution in [0.1, 0.15) is 11.1 Å². The lowest BCUT2D eigenvalue weighted by Crippen LogP contribution is -2.42. The summed E-state index contributed by atoms with van der Waals surface area (Å²) in [5.41, 5.74) is 1.98. The summed E-state index contributed by atoms with van der Waals surface area (Å²) in [5.74, 6) is 0.448. The molecule has 0 aromatic heterocycles. The molecule has 19 heavy (non-hydrogen) atoms. The maximum atomic E-state index is 11.7. The molecule has 0 spiro atoms. The maximum absolute atomic E-state index is 11.7. The average Bonchev–Trinajstić information content (AvgIpc) is 2.37. The van der Waals surface area contributed by atoms with E-state index in [4.69, 9.17) is 14.6 Å². The normalized spacial score (nSPS) is 12.0. The Morgan fingerprint density at radius 1 is 1.37 bits per heavy atom. The van der Waals surface area contributed by atoms with Gasteiger partial charge in [0.15, 0.2) is 6.61 Å². The topological polar surface area (TPSA) is 67.8 Å². The highest BCUT2D eigenvalue weighted by Gasteiger charge is 2.12. The standard InChI is InChI=1S/C14H21NO4/c1-10-5-4-6-11(2)14(10)19-9-13(17)15-12(7-16)8-18-3/h4-6,12,16H,7-9H2,1-3H3,(H,15,17). The number of ether oxygens (including phenoxy) is 2. The minimum Gasteiger partial charge on any atom is -0.483 e. The van der Waals surface area contributed by atoms with Gasteiger partial charge in [-0.3, -0.25) is 4.79 Å². The molecule has 1 amide bonds. The highest BCUT2D eigenvalue weighted by atomic mass is 16.5. The van der Waals surface area contributed by atoms with Crippen molar-refractivity contribution in [2.75, 3.05) is 26.9 Å². The molecule has 1 unspecified atom stereocenters. The Bertz CT molecular complexity index is 400. The molecular formula is C14H21NO4. The van der Waals surface area contributed by atoms with Gasteiger partial charge in [0.2, 0.25) is 0 Å². The van der Waals surface area contributed by atoms with Crippen molar-refractivity contribution in [3.8, 4) is 5.75 Å². The molecule has 5 nitrogen and oxygen atoms in total. The van der Waals surface area contributed by atoms with E-state index in [-0.39, 0.29) is 25.7 Å². The van der Waals surface area contributed by atoms with Gasteiger partial charge in [0, 0.05) is 7.11 Å². The van der Waals surface area contributed by atoms with Crippen molar-refractivity contribution in [2.45, 2.75) is 19.9 Å². The number of aliphatic hydroxyl groups is 1. The molecule has 0 bridgehead atoms. The summed E-state index contributed by atoms with van der Waals surface area (Å²) in [4.78, 5) is 11.7. The van der Waals surface area contributed by atoms with Crippen LogP contribution in [0.25, 0.3) is 0 Å². The van der Waals surface area contributed by atoms with Gasteiger partial charge in [-0.15, -0.1) is 0 Å². The third kappa shape index (κ3) is 4.89. The number of hydrogen-bond donors (Lipinski definition) is 2. The monoisotopic (exact) mass is 267 g/mol. The van der Waals surface area contributed by atoms with E-state index >= 15 is 0 Å². The molecule has 0 aliphatic carbocycles. The second-order valence-corrected chi connectivity index (χ2v) is 4.41. The molecular weight excluding hydrogens is 246 g/mol. The van der Waals surface area contributed by atoms with E-state index < -0.39 is 6.04 Å². The van der Waals surface area contributed by atoms with E-state index in [0.717, 1.165) is 16.9 Å². The van der Waals surface area contributed by atoms with Crippen molar-refractivity contribution in [2.24, 2.45) is 0 Å². The van der Waals surface area contributed by atoms with Crippen molar-refractivity contribution < 1.29 is 19.4 Å². The van der Waals surface area contributed by atoms with Crippen LogP contribution in [0.2, 0.25) is 0 Å². The van der Waals surface area contributed by atoms with Gasteiger partial charge in [-0.05, 0) is 25.0 Å². The van der Waals surface area contributed by atoms with Crippen LogP contribution < -0.4 is 10.1 Å². The molecule has 106 valence electrons. The molecule has 0 fully saturated rings. The molecule has 1 aromatic rings. The number of benzene rings is 1. The number of carbonyl (C=O) groups excluding carboxylic acids is 1. The smallest absolute Gasteiger partial charge is 0.258 e. The van der Waals surface area contributed by atoms with Crippen molar-refractivity contribution in [1.82, 2.24) is 5.32 Å². The highest BCUT2D eigenvalue weighted by molar-refractivity contribution is 5.78. The van der Waals surface area contributed by atoms with E-state index in [0.29, 0.717) is 0 Å².